The summed E-state index contributed by atoms with van der Waals surface area (Å²) in [6.45, 7) is 6.06. The number of hydrogen-bond donors (Lipinski definition) is 0. The highest BCUT2D eigenvalue weighted by molar-refractivity contribution is 6.05. The number of carbonyl (C=O) groups excluding carboxylic acids is 1. The molecular weight excluding hydrogens is 517 g/mol. The molecule has 2 fully saturated rings. The van der Waals surface area contributed by atoms with E-state index in [4.69, 9.17) is 0 Å². The highest BCUT2D eigenvalue weighted by Crippen LogP contribution is 2.38. The van der Waals surface area contributed by atoms with Crippen molar-refractivity contribution in [1.82, 2.24) is 14.7 Å². The van der Waals surface area contributed by atoms with Gasteiger partial charge in [-0.05, 0) is 81.3 Å². The summed E-state index contributed by atoms with van der Waals surface area (Å²) in [5.74, 6) is 0.00896. The fourth-order valence-electron chi connectivity index (χ4n) is 6.50. The van der Waals surface area contributed by atoms with E-state index in [0.717, 1.165) is 31.6 Å². The normalized spacial score (nSPS) is 20.8. The maximum atomic E-state index is 14.0. The van der Waals surface area contributed by atoms with Crippen LogP contribution in [0.1, 0.15) is 73.1 Å². The number of amides is 1. The molecule has 214 valence electrons. The zero-order chi connectivity index (χ0) is 28.3. The number of likely N-dealkylation sites (tertiary alicyclic amines) is 1. The standard InChI is InChI=1S/C31H37F3N4O2/c1-3-37-29(21-22(2)35-37)30(39)38(24-13-15-26(16-14-24)40-31(32,33)34)25-17-19-36(20-18-25)28-12-8-7-11-27(28)23-9-5-4-6-10-23/h4-6,9-10,13-16,21,25,27-28H,3,7-8,11-12,17-20H2,1-2H3/t27-,28-/m1/s1. The summed E-state index contributed by atoms with van der Waals surface area (Å²) in [5, 5.41) is 4.45. The van der Waals surface area contributed by atoms with E-state index in [2.05, 4.69) is 45.1 Å². The Morgan fingerprint density at radius 3 is 2.33 bits per heavy atom. The number of halogens is 3. The first-order chi connectivity index (χ1) is 19.2. The molecule has 0 radical (unpaired) electrons. The van der Waals surface area contributed by atoms with Crippen molar-refractivity contribution in [2.45, 2.75) is 83.3 Å². The van der Waals surface area contributed by atoms with Crippen LogP contribution in [0.4, 0.5) is 18.9 Å². The SMILES string of the molecule is CCn1nc(C)cc1C(=O)N(c1ccc(OC(F)(F)F)cc1)C1CCN([C@@H]2CCCC[C@@H]2c2ccccc2)CC1. The Morgan fingerprint density at radius 1 is 1.00 bits per heavy atom. The molecule has 6 nitrogen and oxygen atoms in total. The van der Waals surface area contributed by atoms with Crippen LogP contribution in [0, 0.1) is 6.92 Å². The molecule has 1 amide bonds. The molecule has 2 aliphatic rings. The minimum absolute atomic E-state index is 0.0857. The number of ether oxygens (including phenoxy) is 1. The minimum Gasteiger partial charge on any atom is -0.406 e. The number of carbonyl (C=O) groups is 1. The molecule has 5 rings (SSSR count). The van der Waals surface area contributed by atoms with Gasteiger partial charge in [0.2, 0.25) is 0 Å². The fraction of sp³-hybridized carbons (Fsp3) is 0.484. The Hall–Kier alpha value is -3.33. The van der Waals surface area contributed by atoms with Crippen molar-refractivity contribution >= 4 is 11.6 Å². The number of anilines is 1. The van der Waals surface area contributed by atoms with Crippen LogP contribution < -0.4 is 9.64 Å². The van der Waals surface area contributed by atoms with E-state index in [1.807, 2.05) is 13.8 Å². The summed E-state index contributed by atoms with van der Waals surface area (Å²) < 4.78 is 44.0. The molecule has 2 aromatic carbocycles. The number of rotatable bonds is 7. The number of benzene rings is 2. The zero-order valence-corrected chi connectivity index (χ0v) is 23.1. The third kappa shape index (κ3) is 6.35. The van der Waals surface area contributed by atoms with Gasteiger partial charge < -0.3 is 9.64 Å². The Bertz CT molecular complexity index is 1270. The molecule has 1 saturated carbocycles. The van der Waals surface area contributed by atoms with E-state index in [0.29, 0.717) is 29.9 Å². The van der Waals surface area contributed by atoms with E-state index >= 15 is 0 Å². The van der Waals surface area contributed by atoms with Crippen LogP contribution in [0.5, 0.6) is 5.75 Å². The lowest BCUT2D eigenvalue weighted by Gasteiger charge is -2.45. The highest BCUT2D eigenvalue weighted by Gasteiger charge is 2.37. The monoisotopic (exact) mass is 554 g/mol. The molecule has 40 heavy (non-hydrogen) atoms. The van der Waals surface area contributed by atoms with Gasteiger partial charge in [0, 0.05) is 37.4 Å². The molecule has 2 heterocycles. The van der Waals surface area contributed by atoms with Crippen molar-refractivity contribution in [1.29, 1.82) is 0 Å². The zero-order valence-electron chi connectivity index (χ0n) is 23.1. The van der Waals surface area contributed by atoms with Crippen molar-refractivity contribution in [3.8, 4) is 5.75 Å². The molecule has 1 aromatic heterocycles. The molecule has 3 aromatic rings. The van der Waals surface area contributed by atoms with E-state index in [1.54, 1.807) is 15.6 Å². The molecular formula is C31H37F3N4O2. The first-order valence-electron chi connectivity index (χ1n) is 14.3. The molecule has 2 atom stereocenters. The second kappa shape index (κ2) is 12.0. The lowest BCUT2D eigenvalue weighted by Crippen LogP contribution is -2.52. The summed E-state index contributed by atoms with van der Waals surface area (Å²) in [7, 11) is 0. The lowest BCUT2D eigenvalue weighted by atomic mass is 9.78. The first kappa shape index (κ1) is 28.2. The molecule has 1 aliphatic heterocycles. The molecule has 1 aliphatic carbocycles. The van der Waals surface area contributed by atoms with Crippen molar-refractivity contribution in [2.24, 2.45) is 0 Å². The Morgan fingerprint density at radius 2 is 1.68 bits per heavy atom. The van der Waals surface area contributed by atoms with E-state index in [-0.39, 0.29) is 17.7 Å². The summed E-state index contributed by atoms with van der Waals surface area (Å²) in [4.78, 5) is 18.4. The van der Waals surface area contributed by atoms with Crippen LogP contribution in [-0.2, 0) is 6.54 Å². The van der Waals surface area contributed by atoms with Gasteiger partial charge in [0.25, 0.3) is 5.91 Å². The van der Waals surface area contributed by atoms with Crippen LogP contribution >= 0.6 is 0 Å². The van der Waals surface area contributed by atoms with Crippen molar-refractivity contribution in [3.63, 3.8) is 0 Å². The second-order valence-electron chi connectivity index (χ2n) is 10.8. The summed E-state index contributed by atoms with van der Waals surface area (Å²) in [6, 6.07) is 18.6. The predicted octanol–water partition coefficient (Wildman–Crippen LogP) is 6.95. The molecule has 9 heteroatoms. The van der Waals surface area contributed by atoms with Crippen LogP contribution in [0.2, 0.25) is 0 Å². The van der Waals surface area contributed by atoms with Crippen molar-refractivity contribution in [3.05, 3.63) is 77.6 Å². The van der Waals surface area contributed by atoms with Gasteiger partial charge in [0.1, 0.15) is 11.4 Å². The van der Waals surface area contributed by atoms with Gasteiger partial charge >= 0.3 is 6.36 Å². The highest BCUT2D eigenvalue weighted by atomic mass is 19.4. The predicted molar refractivity (Wildman–Crippen MR) is 149 cm³/mol. The largest absolute Gasteiger partial charge is 0.573 e. The molecule has 0 unspecified atom stereocenters. The van der Waals surface area contributed by atoms with Gasteiger partial charge in [0.05, 0.1) is 5.69 Å². The van der Waals surface area contributed by atoms with E-state index < -0.39 is 6.36 Å². The number of alkyl halides is 3. The molecule has 0 bridgehead atoms. The maximum Gasteiger partial charge on any atom is 0.573 e. The lowest BCUT2D eigenvalue weighted by molar-refractivity contribution is -0.274. The van der Waals surface area contributed by atoms with Gasteiger partial charge in [-0.3, -0.25) is 14.4 Å². The number of hydrogen-bond acceptors (Lipinski definition) is 4. The van der Waals surface area contributed by atoms with E-state index in [9.17, 15) is 18.0 Å². The first-order valence-corrected chi connectivity index (χ1v) is 14.3. The smallest absolute Gasteiger partial charge is 0.406 e. The van der Waals surface area contributed by atoms with Gasteiger partial charge in [-0.15, -0.1) is 13.2 Å². The van der Waals surface area contributed by atoms with Crippen LogP contribution in [-0.4, -0.2) is 52.1 Å². The van der Waals surface area contributed by atoms with Crippen molar-refractivity contribution in [2.75, 3.05) is 18.0 Å². The topological polar surface area (TPSA) is 50.6 Å². The maximum absolute atomic E-state index is 14.0. The minimum atomic E-state index is -4.77. The number of piperidine rings is 1. The average molecular weight is 555 g/mol. The molecule has 1 saturated heterocycles. The number of aryl methyl sites for hydroxylation is 2. The molecule has 0 spiro atoms. The van der Waals surface area contributed by atoms with Gasteiger partial charge in [0.15, 0.2) is 0 Å². The summed E-state index contributed by atoms with van der Waals surface area (Å²) in [6.07, 6.45) is 1.62. The van der Waals surface area contributed by atoms with Crippen molar-refractivity contribution < 1.29 is 22.7 Å². The van der Waals surface area contributed by atoms with Crippen LogP contribution in [0.3, 0.4) is 0 Å². The Kier molecular flexibility index (Phi) is 8.49. The average Bonchev–Trinajstić information content (AvgIpc) is 3.35. The quantitative estimate of drug-likeness (QED) is 0.317. The third-order valence-electron chi connectivity index (χ3n) is 8.28. The second-order valence-corrected chi connectivity index (χ2v) is 10.8. The fourth-order valence-corrected chi connectivity index (χ4v) is 6.50. The van der Waals surface area contributed by atoms with Crippen LogP contribution in [0.25, 0.3) is 0 Å². The number of aromatic nitrogens is 2. The van der Waals surface area contributed by atoms with Gasteiger partial charge in [-0.25, -0.2) is 0 Å². The van der Waals surface area contributed by atoms with Gasteiger partial charge in [-0.1, -0.05) is 43.2 Å². The Balaban J connectivity index is 1.37. The van der Waals surface area contributed by atoms with Gasteiger partial charge in [-0.2, -0.15) is 5.10 Å². The van der Waals surface area contributed by atoms with E-state index in [1.165, 1.54) is 55.5 Å². The molecule has 0 N–H and O–H groups in total. The summed E-state index contributed by atoms with van der Waals surface area (Å²) in [5.41, 5.74) is 3.18. The van der Waals surface area contributed by atoms with Crippen LogP contribution in [0.15, 0.2) is 60.7 Å². The third-order valence-corrected chi connectivity index (χ3v) is 8.28. The Labute approximate surface area is 233 Å². The number of nitrogens with zero attached hydrogens (tertiary/aromatic N) is 4. The summed E-state index contributed by atoms with van der Waals surface area (Å²) >= 11 is 0.